The first-order valence-electron chi connectivity index (χ1n) is 6.74. The summed E-state index contributed by atoms with van der Waals surface area (Å²) in [5.41, 5.74) is 3.75. The predicted molar refractivity (Wildman–Crippen MR) is 65.2 cm³/mol. The molecule has 0 radical (unpaired) electrons. The quantitative estimate of drug-likeness (QED) is 0.672. The van der Waals surface area contributed by atoms with Crippen LogP contribution >= 0.6 is 0 Å². The second-order valence-electron chi connectivity index (χ2n) is 5.00. The number of nitrogens with one attached hydrogen (secondary N) is 1. The van der Waals surface area contributed by atoms with Crippen LogP contribution in [-0.2, 0) is 4.79 Å². The second-order valence-corrected chi connectivity index (χ2v) is 5.00. The average Bonchev–Trinajstić information content (AvgIpc) is 2.60. The molecule has 2 rings (SSSR count). The number of hydrogen-bond acceptors (Lipinski definition) is 2. The van der Waals surface area contributed by atoms with Crippen LogP contribution in [0, 0.1) is 5.92 Å². The van der Waals surface area contributed by atoms with Crippen LogP contribution in [0.1, 0.15) is 64.2 Å². The van der Waals surface area contributed by atoms with Crippen molar-refractivity contribution in [1.82, 2.24) is 5.43 Å². The molecule has 0 spiro atoms. The molecule has 1 atom stereocenters. The van der Waals surface area contributed by atoms with E-state index in [0.717, 1.165) is 18.6 Å². The lowest BCUT2D eigenvalue weighted by molar-refractivity contribution is -0.122. The maximum Gasteiger partial charge on any atom is 0.248 e. The van der Waals surface area contributed by atoms with E-state index in [1.165, 1.54) is 51.4 Å². The van der Waals surface area contributed by atoms with Gasteiger partial charge in [-0.3, -0.25) is 4.79 Å². The van der Waals surface area contributed by atoms with Crippen molar-refractivity contribution < 1.29 is 4.79 Å². The van der Waals surface area contributed by atoms with Crippen molar-refractivity contribution in [2.75, 3.05) is 0 Å². The van der Waals surface area contributed by atoms with Crippen LogP contribution < -0.4 is 5.43 Å². The fourth-order valence-corrected chi connectivity index (χ4v) is 2.68. The van der Waals surface area contributed by atoms with E-state index >= 15 is 0 Å². The zero-order valence-corrected chi connectivity index (χ0v) is 10.0. The highest BCUT2D eigenvalue weighted by Gasteiger charge is 2.28. The first-order valence-corrected chi connectivity index (χ1v) is 6.74. The summed E-state index contributed by atoms with van der Waals surface area (Å²) in [4.78, 5) is 11.6. The van der Waals surface area contributed by atoms with Gasteiger partial charge in [-0.15, -0.1) is 0 Å². The molecule has 0 aromatic heterocycles. The van der Waals surface area contributed by atoms with Crippen molar-refractivity contribution in [3.63, 3.8) is 0 Å². The molecule has 3 heteroatoms. The smallest absolute Gasteiger partial charge is 0.248 e. The Balaban J connectivity index is 1.89. The number of amides is 1. The first-order chi connectivity index (χ1) is 7.88. The van der Waals surface area contributed by atoms with E-state index in [9.17, 15) is 4.79 Å². The Labute approximate surface area is 97.7 Å². The summed E-state index contributed by atoms with van der Waals surface area (Å²) in [6.45, 7) is 0. The Bertz CT molecular complexity index is 273. The van der Waals surface area contributed by atoms with Crippen LogP contribution in [0.15, 0.2) is 5.10 Å². The largest absolute Gasteiger partial charge is 0.272 e. The van der Waals surface area contributed by atoms with E-state index in [4.69, 9.17) is 0 Å². The summed E-state index contributed by atoms with van der Waals surface area (Å²) >= 11 is 0. The lowest BCUT2D eigenvalue weighted by Gasteiger charge is -2.11. The van der Waals surface area contributed by atoms with Gasteiger partial charge in [0.05, 0.1) is 11.6 Å². The molecule has 0 saturated heterocycles. The number of hydrazone groups is 1. The van der Waals surface area contributed by atoms with Gasteiger partial charge in [0.1, 0.15) is 0 Å². The number of rotatable bonds is 0. The molecule has 1 heterocycles. The first kappa shape index (κ1) is 11.6. The van der Waals surface area contributed by atoms with Gasteiger partial charge in [-0.2, -0.15) is 5.10 Å². The lowest BCUT2D eigenvalue weighted by atomic mass is 9.91. The summed E-state index contributed by atoms with van der Waals surface area (Å²) in [6.07, 6.45) is 12.4. The van der Waals surface area contributed by atoms with Crippen LogP contribution in [0.4, 0.5) is 0 Å². The van der Waals surface area contributed by atoms with E-state index in [1.807, 2.05) is 0 Å². The van der Waals surface area contributed by atoms with E-state index in [2.05, 4.69) is 10.5 Å². The minimum absolute atomic E-state index is 0.0967. The van der Waals surface area contributed by atoms with Crippen molar-refractivity contribution in [3.05, 3.63) is 0 Å². The molecule has 1 aliphatic carbocycles. The molecular formula is C13H22N2O. The normalized spacial score (nSPS) is 28.4. The van der Waals surface area contributed by atoms with Gasteiger partial charge in [0, 0.05) is 0 Å². The summed E-state index contributed by atoms with van der Waals surface area (Å²) in [6, 6.07) is 0. The topological polar surface area (TPSA) is 41.5 Å². The van der Waals surface area contributed by atoms with Crippen molar-refractivity contribution >= 4 is 11.6 Å². The molecular weight excluding hydrogens is 200 g/mol. The monoisotopic (exact) mass is 222 g/mol. The molecule has 0 bridgehead atoms. The zero-order chi connectivity index (χ0) is 11.2. The second kappa shape index (κ2) is 6.02. The summed E-state index contributed by atoms with van der Waals surface area (Å²) in [5.74, 6) is 0.228. The summed E-state index contributed by atoms with van der Waals surface area (Å²) in [7, 11) is 0. The predicted octanol–water partition coefficient (Wildman–Crippen LogP) is 3.00. The molecule has 2 aliphatic rings. The van der Waals surface area contributed by atoms with Crippen LogP contribution in [0.25, 0.3) is 0 Å². The van der Waals surface area contributed by atoms with Gasteiger partial charge in [0.2, 0.25) is 5.91 Å². The Morgan fingerprint density at radius 1 is 0.938 bits per heavy atom. The van der Waals surface area contributed by atoms with Gasteiger partial charge in [0.25, 0.3) is 0 Å². The highest BCUT2D eigenvalue weighted by atomic mass is 16.2. The van der Waals surface area contributed by atoms with Crippen LogP contribution in [0.2, 0.25) is 0 Å². The Morgan fingerprint density at radius 3 is 2.31 bits per heavy atom. The molecule has 1 amide bonds. The molecule has 1 aliphatic heterocycles. The maximum absolute atomic E-state index is 11.6. The number of hydrogen-bond donors (Lipinski definition) is 1. The van der Waals surface area contributed by atoms with Gasteiger partial charge >= 0.3 is 0 Å². The van der Waals surface area contributed by atoms with Crippen LogP contribution in [0.5, 0.6) is 0 Å². The fourth-order valence-electron chi connectivity index (χ4n) is 2.68. The molecule has 0 aromatic rings. The van der Waals surface area contributed by atoms with Crippen LogP contribution in [-0.4, -0.2) is 11.6 Å². The van der Waals surface area contributed by atoms with Crippen molar-refractivity contribution in [3.8, 4) is 0 Å². The van der Waals surface area contributed by atoms with Gasteiger partial charge in [-0.1, -0.05) is 44.9 Å². The van der Waals surface area contributed by atoms with E-state index in [1.54, 1.807) is 0 Å². The van der Waals surface area contributed by atoms with Crippen molar-refractivity contribution in [1.29, 1.82) is 0 Å². The molecule has 16 heavy (non-hydrogen) atoms. The summed E-state index contributed by atoms with van der Waals surface area (Å²) in [5, 5.41) is 4.18. The van der Waals surface area contributed by atoms with Gasteiger partial charge in [0.15, 0.2) is 0 Å². The van der Waals surface area contributed by atoms with Crippen LogP contribution in [0.3, 0.4) is 0 Å². The Morgan fingerprint density at radius 2 is 1.56 bits per heavy atom. The lowest BCUT2D eigenvalue weighted by Crippen LogP contribution is -2.23. The summed E-state index contributed by atoms with van der Waals surface area (Å²) < 4.78 is 0. The van der Waals surface area contributed by atoms with E-state index in [-0.39, 0.29) is 11.8 Å². The highest BCUT2D eigenvalue weighted by Crippen LogP contribution is 2.22. The van der Waals surface area contributed by atoms with Crippen molar-refractivity contribution in [2.45, 2.75) is 64.2 Å². The fraction of sp³-hybridized carbons (Fsp3) is 0.846. The molecule has 1 N–H and O–H groups in total. The third-order valence-corrected chi connectivity index (χ3v) is 3.70. The maximum atomic E-state index is 11.6. The molecule has 90 valence electrons. The van der Waals surface area contributed by atoms with Gasteiger partial charge in [-0.05, 0) is 19.3 Å². The van der Waals surface area contributed by atoms with Gasteiger partial charge in [-0.25, -0.2) is 5.43 Å². The third-order valence-electron chi connectivity index (χ3n) is 3.70. The highest BCUT2D eigenvalue weighted by molar-refractivity contribution is 6.07. The molecule has 1 fully saturated rings. The third kappa shape index (κ3) is 3.06. The number of fused-ring (bicyclic) bond motifs is 1. The molecule has 1 saturated carbocycles. The molecule has 3 nitrogen and oxygen atoms in total. The minimum atomic E-state index is 0.0967. The number of carbonyl (C=O) groups is 1. The molecule has 0 aromatic carbocycles. The number of nitrogens with zero attached hydrogens (tertiary/aromatic N) is 1. The SMILES string of the molecule is O=C1NN=C2CCCCCCCCCC[C@H]12. The van der Waals surface area contributed by atoms with E-state index in [0.29, 0.717) is 0 Å². The molecule has 0 unspecified atom stereocenters. The Hall–Kier alpha value is -0.860. The average molecular weight is 222 g/mol. The van der Waals surface area contributed by atoms with E-state index < -0.39 is 0 Å². The van der Waals surface area contributed by atoms with Gasteiger partial charge < -0.3 is 0 Å². The zero-order valence-electron chi connectivity index (χ0n) is 10.0. The standard InChI is InChI=1S/C13H22N2O/c16-13-11-9-7-5-3-1-2-4-6-8-10-12(11)14-15-13/h11H,1-10H2,(H,15,16)/t11-/m0/s1. The minimum Gasteiger partial charge on any atom is -0.272 e. The Kier molecular flexibility index (Phi) is 4.37. The van der Waals surface area contributed by atoms with Crippen molar-refractivity contribution in [2.24, 2.45) is 11.0 Å². The number of carbonyl (C=O) groups excluding carboxylic acids is 1.